The lowest BCUT2D eigenvalue weighted by atomic mass is 9.93. The minimum atomic E-state index is -0.408. The molecule has 1 fully saturated rings. The minimum absolute atomic E-state index is 0.408. The van der Waals surface area contributed by atoms with Crippen molar-refractivity contribution >= 4 is 21.6 Å². The van der Waals surface area contributed by atoms with Gasteiger partial charge in [-0.2, -0.15) is 0 Å². The quantitative estimate of drug-likeness (QED) is 0.887. The monoisotopic (exact) mass is 311 g/mol. The van der Waals surface area contributed by atoms with Gasteiger partial charge in [0.15, 0.2) is 0 Å². The second kappa shape index (κ2) is 5.62. The molecule has 1 aromatic rings. The van der Waals surface area contributed by atoms with Crippen LogP contribution in [-0.2, 0) is 0 Å². The van der Waals surface area contributed by atoms with Crippen molar-refractivity contribution in [1.82, 2.24) is 0 Å². The van der Waals surface area contributed by atoms with Crippen molar-refractivity contribution < 1.29 is 5.11 Å². The van der Waals surface area contributed by atoms with Gasteiger partial charge in [-0.25, -0.2) is 0 Å². The van der Waals surface area contributed by atoms with E-state index in [2.05, 4.69) is 40.7 Å². The van der Waals surface area contributed by atoms with Gasteiger partial charge in [0.2, 0.25) is 0 Å². The van der Waals surface area contributed by atoms with Crippen LogP contribution in [0.15, 0.2) is 22.7 Å². The number of benzene rings is 1. The van der Waals surface area contributed by atoms with Gasteiger partial charge in [-0.05, 0) is 66.2 Å². The van der Waals surface area contributed by atoms with Gasteiger partial charge < -0.3 is 10.0 Å². The van der Waals surface area contributed by atoms with E-state index in [1.807, 2.05) is 12.1 Å². The minimum Gasteiger partial charge on any atom is -0.389 e. The fourth-order valence-corrected chi connectivity index (χ4v) is 3.41. The number of nitrogens with zero attached hydrogens (tertiary/aromatic N) is 1. The third-order valence-electron chi connectivity index (χ3n) is 3.90. The molecule has 3 heteroatoms. The summed E-state index contributed by atoms with van der Waals surface area (Å²) in [5, 5.41) is 9.60. The van der Waals surface area contributed by atoms with Gasteiger partial charge in [-0.15, -0.1) is 0 Å². The summed E-state index contributed by atoms with van der Waals surface area (Å²) in [4.78, 5) is 2.47. The van der Waals surface area contributed by atoms with Crippen LogP contribution in [-0.4, -0.2) is 17.7 Å². The average molecular weight is 312 g/mol. The molecule has 0 bridgehead atoms. The van der Waals surface area contributed by atoms with E-state index in [0.29, 0.717) is 6.04 Å². The Kier molecular flexibility index (Phi) is 4.33. The van der Waals surface area contributed by atoms with E-state index in [-0.39, 0.29) is 0 Å². The number of aliphatic hydroxyl groups is 1. The molecule has 2 unspecified atom stereocenters. The number of aliphatic hydroxyl groups excluding tert-OH is 1. The Morgan fingerprint density at radius 2 is 2.11 bits per heavy atom. The number of hydrogen-bond donors (Lipinski definition) is 1. The summed E-state index contributed by atoms with van der Waals surface area (Å²) in [5.74, 6) is 0.826. The molecular weight excluding hydrogens is 290 g/mol. The number of piperidine rings is 1. The van der Waals surface area contributed by atoms with Crippen molar-refractivity contribution in [1.29, 1.82) is 0 Å². The Balaban J connectivity index is 2.23. The largest absolute Gasteiger partial charge is 0.389 e. The SMILES string of the molecule is CC1CCN(c2ccc([C@H](C)O)cc2Br)C(C)C1. The number of halogens is 1. The van der Waals surface area contributed by atoms with E-state index in [1.54, 1.807) is 6.92 Å². The molecule has 2 rings (SSSR count). The molecule has 100 valence electrons. The average Bonchev–Trinajstić information content (AvgIpc) is 2.30. The zero-order valence-electron chi connectivity index (χ0n) is 11.4. The Labute approximate surface area is 118 Å². The van der Waals surface area contributed by atoms with E-state index in [0.717, 1.165) is 22.5 Å². The van der Waals surface area contributed by atoms with Crippen molar-refractivity contribution in [2.75, 3.05) is 11.4 Å². The fourth-order valence-electron chi connectivity index (χ4n) is 2.78. The predicted octanol–water partition coefficient (Wildman–Crippen LogP) is 4.13. The molecule has 0 saturated carbocycles. The van der Waals surface area contributed by atoms with E-state index in [1.165, 1.54) is 18.5 Å². The Morgan fingerprint density at radius 3 is 2.67 bits per heavy atom. The fraction of sp³-hybridized carbons (Fsp3) is 0.600. The Morgan fingerprint density at radius 1 is 1.39 bits per heavy atom. The lowest BCUT2D eigenvalue weighted by molar-refractivity contribution is 0.199. The van der Waals surface area contributed by atoms with Crippen LogP contribution in [0.5, 0.6) is 0 Å². The first-order valence-corrected chi connectivity index (χ1v) is 7.52. The second-order valence-corrected chi connectivity index (χ2v) is 6.41. The molecule has 1 saturated heterocycles. The maximum absolute atomic E-state index is 9.60. The molecule has 1 N–H and O–H groups in total. The summed E-state index contributed by atoms with van der Waals surface area (Å²) < 4.78 is 1.09. The Bertz CT molecular complexity index is 419. The molecule has 18 heavy (non-hydrogen) atoms. The zero-order chi connectivity index (χ0) is 13.3. The van der Waals surface area contributed by atoms with E-state index >= 15 is 0 Å². The molecule has 1 aliphatic heterocycles. The first kappa shape index (κ1) is 13.9. The number of anilines is 1. The first-order valence-electron chi connectivity index (χ1n) is 6.73. The van der Waals surface area contributed by atoms with Crippen LogP contribution in [0.1, 0.15) is 45.3 Å². The highest BCUT2D eigenvalue weighted by Crippen LogP contribution is 2.34. The van der Waals surface area contributed by atoms with Crippen LogP contribution in [0, 0.1) is 5.92 Å². The molecule has 1 heterocycles. The molecule has 2 nitrogen and oxygen atoms in total. The summed E-state index contributed by atoms with van der Waals surface area (Å²) in [7, 11) is 0. The molecule has 1 aromatic carbocycles. The van der Waals surface area contributed by atoms with Crippen LogP contribution in [0.25, 0.3) is 0 Å². The summed E-state index contributed by atoms with van der Waals surface area (Å²) in [6, 6.07) is 6.77. The summed E-state index contributed by atoms with van der Waals surface area (Å²) >= 11 is 3.64. The predicted molar refractivity (Wildman–Crippen MR) is 80.0 cm³/mol. The van der Waals surface area contributed by atoms with Crippen molar-refractivity contribution in [2.24, 2.45) is 5.92 Å². The van der Waals surface area contributed by atoms with Gasteiger partial charge in [-0.1, -0.05) is 13.0 Å². The maximum Gasteiger partial charge on any atom is 0.0762 e. The molecule has 0 amide bonds. The molecule has 3 atom stereocenters. The van der Waals surface area contributed by atoms with Crippen molar-refractivity contribution in [3.05, 3.63) is 28.2 Å². The molecular formula is C15H22BrNO. The van der Waals surface area contributed by atoms with Gasteiger partial charge >= 0.3 is 0 Å². The molecule has 0 aromatic heterocycles. The number of rotatable bonds is 2. The molecule has 0 radical (unpaired) electrons. The van der Waals surface area contributed by atoms with Crippen LogP contribution in [0.3, 0.4) is 0 Å². The van der Waals surface area contributed by atoms with Crippen molar-refractivity contribution in [3.8, 4) is 0 Å². The summed E-state index contributed by atoms with van der Waals surface area (Å²) in [6.07, 6.45) is 2.11. The van der Waals surface area contributed by atoms with Crippen LogP contribution >= 0.6 is 15.9 Å². The van der Waals surface area contributed by atoms with Gasteiger partial charge in [0, 0.05) is 17.1 Å². The highest BCUT2D eigenvalue weighted by atomic mass is 79.9. The number of hydrogen-bond acceptors (Lipinski definition) is 2. The van der Waals surface area contributed by atoms with E-state index in [4.69, 9.17) is 0 Å². The summed E-state index contributed by atoms with van der Waals surface area (Å²) in [5.41, 5.74) is 2.21. The topological polar surface area (TPSA) is 23.5 Å². The van der Waals surface area contributed by atoms with Crippen molar-refractivity contribution in [2.45, 2.75) is 45.8 Å². The molecule has 0 spiro atoms. The van der Waals surface area contributed by atoms with Gasteiger partial charge in [0.25, 0.3) is 0 Å². The highest BCUT2D eigenvalue weighted by molar-refractivity contribution is 9.10. The lowest BCUT2D eigenvalue weighted by Gasteiger charge is -2.39. The van der Waals surface area contributed by atoms with Gasteiger partial charge in [-0.3, -0.25) is 0 Å². The Hall–Kier alpha value is -0.540. The van der Waals surface area contributed by atoms with Crippen LogP contribution in [0.4, 0.5) is 5.69 Å². The van der Waals surface area contributed by atoms with Gasteiger partial charge in [0.05, 0.1) is 11.8 Å². The van der Waals surface area contributed by atoms with Crippen molar-refractivity contribution in [3.63, 3.8) is 0 Å². The zero-order valence-corrected chi connectivity index (χ0v) is 12.9. The molecule has 0 aliphatic carbocycles. The van der Waals surface area contributed by atoms with E-state index in [9.17, 15) is 5.11 Å². The second-order valence-electron chi connectivity index (χ2n) is 5.56. The smallest absolute Gasteiger partial charge is 0.0762 e. The first-order chi connectivity index (χ1) is 8.49. The normalized spacial score (nSPS) is 26.2. The maximum atomic E-state index is 9.60. The van der Waals surface area contributed by atoms with Crippen LogP contribution < -0.4 is 4.90 Å². The molecule has 1 aliphatic rings. The highest BCUT2D eigenvalue weighted by Gasteiger charge is 2.24. The van der Waals surface area contributed by atoms with Gasteiger partial charge in [0.1, 0.15) is 0 Å². The third-order valence-corrected chi connectivity index (χ3v) is 4.54. The summed E-state index contributed by atoms with van der Waals surface area (Å²) in [6.45, 7) is 7.55. The third kappa shape index (κ3) is 2.89. The lowest BCUT2D eigenvalue weighted by Crippen LogP contribution is -2.40. The van der Waals surface area contributed by atoms with Crippen LogP contribution in [0.2, 0.25) is 0 Å². The van der Waals surface area contributed by atoms with E-state index < -0.39 is 6.10 Å². The standard InChI is InChI=1S/C15H22BrNO/c1-10-6-7-17(11(2)8-10)15-5-4-13(12(3)18)9-14(15)16/h4-5,9-12,18H,6-8H2,1-3H3/t10?,11?,12-/m0/s1.